The summed E-state index contributed by atoms with van der Waals surface area (Å²) in [5, 5.41) is 0.991. The van der Waals surface area contributed by atoms with E-state index in [1.54, 1.807) is 0 Å². The maximum atomic E-state index is 12.9. The molecule has 0 bridgehead atoms. The monoisotopic (exact) mass is 320 g/mol. The van der Waals surface area contributed by atoms with Gasteiger partial charge in [-0.25, -0.2) is 0 Å². The van der Waals surface area contributed by atoms with Crippen molar-refractivity contribution < 1.29 is 9.21 Å². The molecular weight excluding hydrogens is 300 g/mol. The second-order valence-electron chi connectivity index (χ2n) is 6.43. The number of carbonyl (C=O) groups excluding carboxylic acids is 1. The Hall–Kier alpha value is -2.62. The Bertz CT molecular complexity index is 862. The highest BCUT2D eigenvalue weighted by atomic mass is 16.3. The number of nitrogens with zero attached hydrogens (tertiary/aromatic N) is 2. The van der Waals surface area contributed by atoms with Gasteiger partial charge in [0.15, 0.2) is 0 Å². The summed E-state index contributed by atoms with van der Waals surface area (Å²) in [4.78, 5) is 18.9. The van der Waals surface area contributed by atoms with Crippen LogP contribution in [-0.4, -0.2) is 28.9 Å². The Morgan fingerprint density at radius 2 is 1.92 bits per heavy atom. The number of carbonyl (C=O) groups is 1. The molecule has 0 radical (unpaired) electrons. The number of amides is 1. The molecule has 122 valence electrons. The first kappa shape index (κ1) is 14.9. The smallest absolute Gasteiger partial charge is 0.257 e. The van der Waals surface area contributed by atoms with E-state index in [4.69, 9.17) is 4.42 Å². The van der Waals surface area contributed by atoms with Crippen molar-refractivity contribution in [1.29, 1.82) is 0 Å². The van der Waals surface area contributed by atoms with E-state index < -0.39 is 0 Å². The summed E-state index contributed by atoms with van der Waals surface area (Å²) in [6.45, 7) is 3.47. The number of pyridine rings is 1. The fourth-order valence-electron chi connectivity index (χ4n) is 3.58. The molecule has 3 heterocycles. The van der Waals surface area contributed by atoms with Gasteiger partial charge >= 0.3 is 0 Å². The number of rotatable bonds is 2. The highest BCUT2D eigenvalue weighted by Crippen LogP contribution is 2.29. The minimum atomic E-state index is 0.0723. The Morgan fingerprint density at radius 1 is 1.17 bits per heavy atom. The molecule has 2 aromatic heterocycles. The highest BCUT2D eigenvalue weighted by molar-refractivity contribution is 6.05. The molecule has 0 aliphatic carbocycles. The largest absolute Gasteiger partial charge is 0.461 e. The van der Waals surface area contributed by atoms with Crippen LogP contribution in [-0.2, 0) is 0 Å². The van der Waals surface area contributed by atoms with Crippen molar-refractivity contribution >= 4 is 16.9 Å². The quantitative estimate of drug-likeness (QED) is 0.712. The van der Waals surface area contributed by atoms with Crippen LogP contribution in [0.15, 0.2) is 53.2 Å². The summed E-state index contributed by atoms with van der Waals surface area (Å²) < 4.78 is 5.75. The number of para-hydroxylation sites is 1. The molecule has 1 aliphatic heterocycles. The van der Waals surface area contributed by atoms with E-state index in [2.05, 4.69) is 17.1 Å². The fourth-order valence-corrected chi connectivity index (χ4v) is 3.58. The number of hydrogen-bond acceptors (Lipinski definition) is 3. The summed E-state index contributed by atoms with van der Waals surface area (Å²) >= 11 is 0. The molecule has 1 amide bonds. The van der Waals surface area contributed by atoms with Gasteiger partial charge in [-0.2, -0.15) is 0 Å². The second kappa shape index (κ2) is 6.11. The van der Waals surface area contributed by atoms with Crippen LogP contribution >= 0.6 is 0 Å². The van der Waals surface area contributed by atoms with E-state index >= 15 is 0 Å². The number of hydrogen-bond donors (Lipinski definition) is 0. The Labute approximate surface area is 141 Å². The molecule has 0 saturated carbocycles. The Morgan fingerprint density at radius 3 is 2.67 bits per heavy atom. The molecule has 4 rings (SSSR count). The number of aryl methyl sites for hydroxylation is 1. The normalized spacial score (nSPS) is 15.8. The third-order valence-corrected chi connectivity index (χ3v) is 4.86. The van der Waals surface area contributed by atoms with Crippen LogP contribution in [0, 0.1) is 6.92 Å². The molecule has 0 unspecified atom stereocenters. The maximum absolute atomic E-state index is 12.9. The lowest BCUT2D eigenvalue weighted by molar-refractivity contribution is 0.0714. The summed E-state index contributed by atoms with van der Waals surface area (Å²) in [6, 6.07) is 11.9. The molecule has 0 N–H and O–H groups in total. The Balaban J connectivity index is 1.52. The van der Waals surface area contributed by atoms with Crippen LogP contribution in [0.5, 0.6) is 0 Å². The molecule has 1 aromatic carbocycles. The van der Waals surface area contributed by atoms with Gasteiger partial charge in [0.05, 0.1) is 5.56 Å². The van der Waals surface area contributed by atoms with E-state index in [1.165, 1.54) is 5.56 Å². The van der Waals surface area contributed by atoms with Crippen LogP contribution in [0.2, 0.25) is 0 Å². The molecule has 24 heavy (non-hydrogen) atoms. The van der Waals surface area contributed by atoms with Gasteiger partial charge in [0.1, 0.15) is 11.3 Å². The number of aromatic nitrogens is 1. The number of benzene rings is 1. The maximum Gasteiger partial charge on any atom is 0.257 e. The average molecular weight is 320 g/mol. The van der Waals surface area contributed by atoms with Crippen molar-refractivity contribution in [1.82, 2.24) is 9.88 Å². The van der Waals surface area contributed by atoms with Crippen LogP contribution in [0.1, 0.15) is 40.4 Å². The first-order valence-corrected chi connectivity index (χ1v) is 8.41. The van der Waals surface area contributed by atoms with E-state index in [-0.39, 0.29) is 5.91 Å². The van der Waals surface area contributed by atoms with Gasteiger partial charge in [-0.15, -0.1) is 0 Å². The van der Waals surface area contributed by atoms with Crippen molar-refractivity contribution in [3.8, 4) is 0 Å². The first-order chi connectivity index (χ1) is 11.7. The molecule has 1 saturated heterocycles. The molecule has 4 heteroatoms. The standard InChI is InChI=1S/C20H20N2O2/c1-14-13-17-3-2-4-18(19(17)24-14)20(23)22-11-7-16(8-12-22)15-5-9-21-10-6-15/h2-6,9-10,13,16H,7-8,11-12H2,1H3. The van der Waals surface area contributed by atoms with Crippen molar-refractivity contribution in [2.45, 2.75) is 25.7 Å². The van der Waals surface area contributed by atoms with E-state index in [1.807, 2.05) is 48.5 Å². The van der Waals surface area contributed by atoms with Crippen LogP contribution in [0.4, 0.5) is 0 Å². The number of piperidine rings is 1. The SMILES string of the molecule is Cc1cc2cccc(C(=O)N3CCC(c4ccncc4)CC3)c2o1. The topological polar surface area (TPSA) is 46.3 Å². The molecule has 3 aromatic rings. The number of likely N-dealkylation sites (tertiary alicyclic amines) is 1. The van der Waals surface area contributed by atoms with E-state index in [9.17, 15) is 4.79 Å². The van der Waals surface area contributed by atoms with Gasteiger partial charge in [-0.1, -0.05) is 12.1 Å². The van der Waals surface area contributed by atoms with Crippen LogP contribution < -0.4 is 0 Å². The minimum absolute atomic E-state index is 0.0723. The van der Waals surface area contributed by atoms with Crippen LogP contribution in [0.3, 0.4) is 0 Å². The van der Waals surface area contributed by atoms with Gasteiger partial charge in [0.25, 0.3) is 5.91 Å². The third kappa shape index (κ3) is 2.68. The van der Waals surface area contributed by atoms with Gasteiger partial charge in [-0.3, -0.25) is 9.78 Å². The third-order valence-electron chi connectivity index (χ3n) is 4.86. The molecule has 1 fully saturated rings. The molecule has 1 aliphatic rings. The number of furan rings is 1. The first-order valence-electron chi connectivity index (χ1n) is 8.41. The zero-order valence-electron chi connectivity index (χ0n) is 13.7. The zero-order chi connectivity index (χ0) is 16.5. The predicted octanol–water partition coefficient (Wildman–Crippen LogP) is 4.16. The van der Waals surface area contributed by atoms with Gasteiger partial charge < -0.3 is 9.32 Å². The molecule has 0 spiro atoms. The number of fused-ring (bicyclic) bond motifs is 1. The summed E-state index contributed by atoms with van der Waals surface area (Å²) in [6.07, 6.45) is 5.66. The lowest BCUT2D eigenvalue weighted by atomic mass is 9.90. The molecular formula is C20H20N2O2. The van der Waals surface area contributed by atoms with Crippen molar-refractivity contribution in [3.05, 3.63) is 65.7 Å². The lowest BCUT2D eigenvalue weighted by Gasteiger charge is -2.32. The highest BCUT2D eigenvalue weighted by Gasteiger charge is 2.26. The summed E-state index contributed by atoms with van der Waals surface area (Å²) in [5.41, 5.74) is 2.69. The van der Waals surface area contributed by atoms with Gasteiger partial charge in [-0.05, 0) is 55.5 Å². The van der Waals surface area contributed by atoms with Crippen LogP contribution in [0.25, 0.3) is 11.0 Å². The Kier molecular flexibility index (Phi) is 3.81. The second-order valence-corrected chi connectivity index (χ2v) is 6.43. The minimum Gasteiger partial charge on any atom is -0.461 e. The summed E-state index contributed by atoms with van der Waals surface area (Å²) in [5.74, 6) is 1.42. The van der Waals surface area contributed by atoms with Crippen molar-refractivity contribution in [2.24, 2.45) is 0 Å². The lowest BCUT2D eigenvalue weighted by Crippen LogP contribution is -2.38. The van der Waals surface area contributed by atoms with E-state index in [0.29, 0.717) is 17.1 Å². The zero-order valence-corrected chi connectivity index (χ0v) is 13.7. The summed E-state index contributed by atoms with van der Waals surface area (Å²) in [7, 11) is 0. The molecule has 4 nitrogen and oxygen atoms in total. The van der Waals surface area contributed by atoms with Crippen molar-refractivity contribution in [3.63, 3.8) is 0 Å². The van der Waals surface area contributed by atoms with Crippen molar-refractivity contribution in [2.75, 3.05) is 13.1 Å². The predicted molar refractivity (Wildman–Crippen MR) is 93.1 cm³/mol. The molecule has 0 atom stereocenters. The fraction of sp³-hybridized carbons (Fsp3) is 0.300. The van der Waals surface area contributed by atoms with Gasteiger partial charge in [0.2, 0.25) is 0 Å². The average Bonchev–Trinajstić information content (AvgIpc) is 3.02. The van der Waals surface area contributed by atoms with E-state index in [0.717, 1.165) is 37.1 Å². The van der Waals surface area contributed by atoms with Gasteiger partial charge in [0, 0.05) is 30.9 Å².